The summed E-state index contributed by atoms with van der Waals surface area (Å²) in [5.74, 6) is 0.145. The average Bonchev–Trinajstić information content (AvgIpc) is 2.53. The third-order valence-corrected chi connectivity index (χ3v) is 4.64. The minimum absolute atomic E-state index is 0.125. The summed E-state index contributed by atoms with van der Waals surface area (Å²) in [7, 11) is 0. The molecule has 1 amide bonds. The van der Waals surface area contributed by atoms with E-state index in [0.717, 1.165) is 18.8 Å². The van der Waals surface area contributed by atoms with Crippen LogP contribution in [0.5, 0.6) is 0 Å². The quantitative estimate of drug-likeness (QED) is 0.853. The fraction of sp³-hybridized carbons (Fsp3) is 0.316. The van der Waals surface area contributed by atoms with Crippen LogP contribution in [-0.2, 0) is 11.3 Å². The van der Waals surface area contributed by atoms with Gasteiger partial charge in [0.1, 0.15) is 0 Å². The second-order valence-corrected chi connectivity index (χ2v) is 6.54. The molecule has 0 N–H and O–H groups in total. The fourth-order valence-corrected chi connectivity index (χ4v) is 3.18. The van der Waals surface area contributed by atoms with Crippen LogP contribution >= 0.6 is 11.6 Å². The summed E-state index contributed by atoms with van der Waals surface area (Å²) in [5.41, 5.74) is 3.42. The predicted octanol–water partition coefficient (Wildman–Crippen LogP) is 3.89. The van der Waals surface area contributed by atoms with Gasteiger partial charge in [-0.15, -0.1) is 0 Å². The first-order chi connectivity index (χ1) is 11.0. The van der Waals surface area contributed by atoms with E-state index >= 15 is 0 Å². The van der Waals surface area contributed by atoms with Gasteiger partial charge in [-0.1, -0.05) is 41.4 Å². The van der Waals surface area contributed by atoms with Crippen molar-refractivity contribution in [3.63, 3.8) is 0 Å². The normalized spacial score (nSPS) is 19.2. The number of hydrogen-bond donors (Lipinski definition) is 0. The number of halogens is 1. The van der Waals surface area contributed by atoms with Gasteiger partial charge in [-0.05, 0) is 43.7 Å². The summed E-state index contributed by atoms with van der Waals surface area (Å²) in [4.78, 5) is 16.8. The van der Waals surface area contributed by atoms with Gasteiger partial charge >= 0.3 is 0 Å². The van der Waals surface area contributed by atoms with Gasteiger partial charge in [-0.2, -0.15) is 0 Å². The Morgan fingerprint density at radius 1 is 1.13 bits per heavy atom. The summed E-state index contributed by atoms with van der Waals surface area (Å²) in [6.07, 6.45) is 0. The number of benzene rings is 2. The molecule has 0 saturated carbocycles. The zero-order valence-electron chi connectivity index (χ0n) is 13.5. The van der Waals surface area contributed by atoms with E-state index in [1.165, 1.54) is 11.1 Å². The molecule has 2 aromatic rings. The Balaban J connectivity index is 1.72. The summed E-state index contributed by atoms with van der Waals surface area (Å²) < 4.78 is 0. The first-order valence-corrected chi connectivity index (χ1v) is 8.29. The Bertz CT molecular complexity index is 699. The number of carbonyl (C=O) groups excluding carboxylic acids is 1. The highest BCUT2D eigenvalue weighted by atomic mass is 35.5. The molecule has 1 heterocycles. The molecule has 1 aliphatic rings. The largest absolute Gasteiger partial charge is 0.310 e. The van der Waals surface area contributed by atoms with Crippen molar-refractivity contribution in [2.45, 2.75) is 26.4 Å². The molecule has 1 saturated heterocycles. The van der Waals surface area contributed by atoms with Crippen LogP contribution in [0.2, 0.25) is 5.02 Å². The molecular formula is C19H21ClN2O. The highest BCUT2D eigenvalue weighted by Crippen LogP contribution is 2.23. The zero-order valence-corrected chi connectivity index (χ0v) is 14.3. The molecule has 0 bridgehead atoms. The average molecular weight is 329 g/mol. The second-order valence-electron chi connectivity index (χ2n) is 6.10. The van der Waals surface area contributed by atoms with Crippen LogP contribution in [-0.4, -0.2) is 29.9 Å². The Kier molecular flexibility index (Phi) is 4.69. The predicted molar refractivity (Wildman–Crippen MR) is 94.9 cm³/mol. The third-order valence-electron chi connectivity index (χ3n) is 4.39. The molecule has 0 aliphatic carbocycles. The maximum atomic E-state index is 12.7. The molecule has 23 heavy (non-hydrogen) atoms. The van der Waals surface area contributed by atoms with Crippen molar-refractivity contribution < 1.29 is 4.79 Å². The number of nitrogens with zero attached hydrogens (tertiary/aromatic N) is 2. The molecule has 4 heteroatoms. The Labute approximate surface area is 142 Å². The number of aryl methyl sites for hydroxylation is 1. The van der Waals surface area contributed by atoms with Gasteiger partial charge in [-0.3, -0.25) is 9.69 Å². The van der Waals surface area contributed by atoms with Crippen LogP contribution in [0.25, 0.3) is 0 Å². The van der Waals surface area contributed by atoms with E-state index in [9.17, 15) is 4.79 Å². The molecule has 1 fully saturated rings. The molecule has 0 unspecified atom stereocenters. The first kappa shape index (κ1) is 16.0. The van der Waals surface area contributed by atoms with Crippen molar-refractivity contribution >= 4 is 23.2 Å². The standard InChI is InChI=1S/C19H21ClN2O/c1-14-4-3-5-16(12-14)13-21-10-11-22(19(23)15(21)2)18-8-6-17(20)7-9-18/h3-9,12,15H,10-11,13H2,1-2H3/t15-/m0/s1. The summed E-state index contributed by atoms with van der Waals surface area (Å²) in [6.45, 7) is 6.46. The van der Waals surface area contributed by atoms with Crippen LogP contribution in [0, 0.1) is 6.92 Å². The van der Waals surface area contributed by atoms with Crippen molar-refractivity contribution in [1.82, 2.24) is 4.90 Å². The molecular weight excluding hydrogens is 308 g/mol. The Morgan fingerprint density at radius 3 is 2.57 bits per heavy atom. The molecule has 120 valence electrons. The lowest BCUT2D eigenvalue weighted by Gasteiger charge is -2.39. The molecule has 0 radical (unpaired) electrons. The summed E-state index contributed by atoms with van der Waals surface area (Å²) in [5, 5.41) is 0.687. The van der Waals surface area contributed by atoms with E-state index in [0.29, 0.717) is 11.6 Å². The third kappa shape index (κ3) is 3.57. The maximum absolute atomic E-state index is 12.7. The molecule has 2 aromatic carbocycles. The molecule has 1 aliphatic heterocycles. The molecule has 0 aromatic heterocycles. The van der Waals surface area contributed by atoms with Gasteiger partial charge in [0.15, 0.2) is 0 Å². The number of rotatable bonds is 3. The SMILES string of the molecule is Cc1cccc(CN2CCN(c3ccc(Cl)cc3)C(=O)[C@@H]2C)c1. The monoisotopic (exact) mass is 328 g/mol. The highest BCUT2D eigenvalue weighted by molar-refractivity contribution is 6.30. The van der Waals surface area contributed by atoms with Gasteiger partial charge < -0.3 is 4.90 Å². The van der Waals surface area contributed by atoms with Crippen LogP contribution in [0.1, 0.15) is 18.1 Å². The van der Waals surface area contributed by atoms with E-state index in [-0.39, 0.29) is 11.9 Å². The van der Waals surface area contributed by atoms with Crippen LogP contribution < -0.4 is 4.90 Å². The lowest BCUT2D eigenvalue weighted by Crippen LogP contribution is -2.55. The number of carbonyl (C=O) groups is 1. The zero-order chi connectivity index (χ0) is 16.4. The number of piperazine rings is 1. The minimum atomic E-state index is -0.125. The number of anilines is 1. The molecule has 0 spiro atoms. The van der Waals surface area contributed by atoms with Crippen molar-refractivity contribution in [1.29, 1.82) is 0 Å². The lowest BCUT2D eigenvalue weighted by molar-refractivity contribution is -0.125. The van der Waals surface area contributed by atoms with E-state index < -0.39 is 0 Å². The first-order valence-electron chi connectivity index (χ1n) is 7.91. The van der Waals surface area contributed by atoms with E-state index in [1.807, 2.05) is 36.1 Å². The Hall–Kier alpha value is -1.84. The highest BCUT2D eigenvalue weighted by Gasteiger charge is 2.32. The number of amides is 1. The van der Waals surface area contributed by atoms with Gasteiger partial charge in [0.25, 0.3) is 0 Å². The second kappa shape index (κ2) is 6.73. The minimum Gasteiger partial charge on any atom is -0.310 e. The topological polar surface area (TPSA) is 23.6 Å². The molecule has 3 nitrogen and oxygen atoms in total. The number of hydrogen-bond acceptors (Lipinski definition) is 2. The summed E-state index contributed by atoms with van der Waals surface area (Å²) in [6, 6.07) is 15.8. The van der Waals surface area contributed by atoms with Crippen molar-refractivity contribution in [3.8, 4) is 0 Å². The van der Waals surface area contributed by atoms with Crippen molar-refractivity contribution in [2.24, 2.45) is 0 Å². The van der Waals surface area contributed by atoms with Gasteiger partial charge in [0, 0.05) is 30.3 Å². The van der Waals surface area contributed by atoms with Gasteiger partial charge in [-0.25, -0.2) is 0 Å². The van der Waals surface area contributed by atoms with E-state index in [2.05, 4.69) is 36.1 Å². The Morgan fingerprint density at radius 2 is 1.87 bits per heavy atom. The lowest BCUT2D eigenvalue weighted by atomic mass is 10.1. The van der Waals surface area contributed by atoms with E-state index in [1.54, 1.807) is 0 Å². The maximum Gasteiger partial charge on any atom is 0.244 e. The van der Waals surface area contributed by atoms with Gasteiger partial charge in [0.05, 0.1) is 6.04 Å². The van der Waals surface area contributed by atoms with Crippen molar-refractivity contribution in [2.75, 3.05) is 18.0 Å². The molecule has 3 rings (SSSR count). The summed E-state index contributed by atoms with van der Waals surface area (Å²) >= 11 is 5.93. The van der Waals surface area contributed by atoms with E-state index in [4.69, 9.17) is 11.6 Å². The smallest absolute Gasteiger partial charge is 0.244 e. The molecule has 1 atom stereocenters. The van der Waals surface area contributed by atoms with Crippen LogP contribution in [0.3, 0.4) is 0 Å². The fourth-order valence-electron chi connectivity index (χ4n) is 3.05. The van der Waals surface area contributed by atoms with Crippen molar-refractivity contribution in [3.05, 3.63) is 64.7 Å². The van der Waals surface area contributed by atoms with Gasteiger partial charge in [0.2, 0.25) is 5.91 Å². The van der Waals surface area contributed by atoms with Crippen LogP contribution in [0.15, 0.2) is 48.5 Å². The van der Waals surface area contributed by atoms with Crippen LogP contribution in [0.4, 0.5) is 5.69 Å².